The number of carbonyl (C=O) groups excluding carboxylic acids is 2. The van der Waals surface area contributed by atoms with Gasteiger partial charge in [0.15, 0.2) is 5.65 Å². The first-order valence-corrected chi connectivity index (χ1v) is 8.15. The topological polar surface area (TPSA) is 118 Å². The average Bonchev–Trinajstić information content (AvgIpc) is 3.29. The van der Waals surface area contributed by atoms with E-state index in [1.165, 1.54) is 16.8 Å². The maximum Gasteiger partial charge on any atom is 0.295 e. The second kappa shape index (κ2) is 6.88. The number of rotatable bonds is 6. The number of hydrogen-bond donors (Lipinski definition) is 3. The van der Waals surface area contributed by atoms with Crippen LogP contribution in [0.1, 0.15) is 42.8 Å². The van der Waals surface area contributed by atoms with Crippen LogP contribution < -0.4 is 5.32 Å². The Balaban J connectivity index is 2.19. The van der Waals surface area contributed by atoms with Crippen molar-refractivity contribution >= 4 is 23.9 Å². The molecule has 0 spiro atoms. The number of H-pyrrole nitrogens is 1. The third-order valence-corrected chi connectivity index (χ3v) is 3.71. The van der Waals surface area contributed by atoms with Crippen molar-refractivity contribution in [1.82, 2.24) is 24.9 Å². The SMILES string of the molecule is CC(C)Cn1[nH]oc(C(=O)NC2CC2)c(O)n2ncc(/C=C/C=O)c12. The Hall–Kier alpha value is -2.97. The quantitative estimate of drug-likeness (QED) is 0.542. The van der Waals surface area contributed by atoms with Gasteiger partial charge in [0.05, 0.1) is 6.20 Å². The number of allylic oxidation sites excluding steroid dienone is 1. The molecule has 0 saturated heterocycles. The zero-order chi connectivity index (χ0) is 18.0. The lowest BCUT2D eigenvalue weighted by atomic mass is 10.2. The van der Waals surface area contributed by atoms with Crippen LogP contribution in [0.25, 0.3) is 11.7 Å². The maximum atomic E-state index is 12.3. The molecule has 0 atom stereocenters. The fourth-order valence-corrected chi connectivity index (χ4v) is 2.44. The molecule has 1 aliphatic rings. The predicted molar refractivity (Wildman–Crippen MR) is 89.5 cm³/mol. The summed E-state index contributed by atoms with van der Waals surface area (Å²) >= 11 is 0. The summed E-state index contributed by atoms with van der Waals surface area (Å²) < 4.78 is 8.21. The highest BCUT2D eigenvalue weighted by molar-refractivity contribution is 5.93. The molecule has 1 amide bonds. The molecule has 2 aromatic heterocycles. The van der Waals surface area contributed by atoms with E-state index in [2.05, 4.69) is 15.7 Å². The first-order valence-electron chi connectivity index (χ1n) is 8.15. The number of aromatic nitrogens is 4. The van der Waals surface area contributed by atoms with Crippen LogP contribution in [0.3, 0.4) is 0 Å². The first kappa shape index (κ1) is 16.9. The highest BCUT2D eigenvalue weighted by Gasteiger charge is 2.28. The Kier molecular flexibility index (Phi) is 4.64. The lowest BCUT2D eigenvalue weighted by Crippen LogP contribution is -2.25. The minimum atomic E-state index is -0.509. The minimum Gasteiger partial charge on any atom is -0.490 e. The molecule has 1 fully saturated rings. The number of hydrogen-bond acceptors (Lipinski definition) is 5. The zero-order valence-electron chi connectivity index (χ0n) is 14.1. The van der Waals surface area contributed by atoms with Crippen LogP contribution in [0, 0.1) is 5.92 Å². The molecule has 2 aromatic rings. The summed E-state index contributed by atoms with van der Waals surface area (Å²) in [4.78, 5) is 22.9. The zero-order valence-corrected chi connectivity index (χ0v) is 14.1. The lowest BCUT2D eigenvalue weighted by molar-refractivity contribution is -0.104. The van der Waals surface area contributed by atoms with Crippen molar-refractivity contribution in [1.29, 1.82) is 0 Å². The van der Waals surface area contributed by atoms with E-state index in [1.807, 2.05) is 13.8 Å². The van der Waals surface area contributed by atoms with Gasteiger partial charge in [0.25, 0.3) is 17.5 Å². The Bertz CT molecular complexity index is 861. The van der Waals surface area contributed by atoms with Crippen molar-refractivity contribution in [3.8, 4) is 5.88 Å². The van der Waals surface area contributed by atoms with E-state index in [-0.39, 0.29) is 17.7 Å². The van der Waals surface area contributed by atoms with Crippen LogP contribution in [0.2, 0.25) is 0 Å². The number of carbonyl (C=O) groups is 2. The van der Waals surface area contributed by atoms with Crippen LogP contribution >= 0.6 is 0 Å². The van der Waals surface area contributed by atoms with E-state index in [1.54, 1.807) is 10.8 Å². The van der Waals surface area contributed by atoms with Crippen LogP contribution in [0.15, 0.2) is 16.8 Å². The van der Waals surface area contributed by atoms with Gasteiger partial charge in [-0.2, -0.15) is 14.9 Å². The average molecular weight is 347 g/mol. The van der Waals surface area contributed by atoms with Gasteiger partial charge in [0.1, 0.15) is 6.29 Å². The summed E-state index contributed by atoms with van der Waals surface area (Å²) in [5.41, 5.74) is 1.07. The van der Waals surface area contributed by atoms with Crippen molar-refractivity contribution in [2.24, 2.45) is 5.92 Å². The molecule has 0 bridgehead atoms. The number of aldehydes is 1. The number of fused-ring (bicyclic) bond motifs is 1. The molecule has 0 aromatic carbocycles. The molecular weight excluding hydrogens is 326 g/mol. The minimum absolute atomic E-state index is 0.120. The van der Waals surface area contributed by atoms with Gasteiger partial charge in [-0.05, 0) is 30.9 Å². The molecule has 25 heavy (non-hydrogen) atoms. The second-order valence-corrected chi connectivity index (χ2v) is 6.43. The van der Waals surface area contributed by atoms with E-state index in [4.69, 9.17) is 4.52 Å². The first-order chi connectivity index (χ1) is 12.0. The predicted octanol–water partition coefficient (Wildman–Crippen LogP) is 1.65. The van der Waals surface area contributed by atoms with Gasteiger partial charge in [0.2, 0.25) is 0 Å². The van der Waals surface area contributed by atoms with Crippen LogP contribution in [0.4, 0.5) is 0 Å². The van der Waals surface area contributed by atoms with Crippen LogP contribution in [-0.4, -0.2) is 42.9 Å². The van der Waals surface area contributed by atoms with Gasteiger partial charge in [-0.1, -0.05) is 13.8 Å². The normalized spacial score (nSPS) is 14.4. The van der Waals surface area contributed by atoms with Crippen molar-refractivity contribution < 1.29 is 19.2 Å². The number of nitrogens with zero attached hydrogens (tertiary/aromatic N) is 3. The molecule has 134 valence electrons. The lowest BCUT2D eigenvalue weighted by Gasteiger charge is -2.08. The number of aromatic amines is 1. The molecule has 9 heteroatoms. The van der Waals surface area contributed by atoms with Gasteiger partial charge < -0.3 is 14.9 Å². The van der Waals surface area contributed by atoms with E-state index in [9.17, 15) is 14.7 Å². The van der Waals surface area contributed by atoms with Crippen LogP contribution in [0.5, 0.6) is 5.88 Å². The van der Waals surface area contributed by atoms with E-state index in [0.717, 1.165) is 12.8 Å². The van der Waals surface area contributed by atoms with Gasteiger partial charge >= 0.3 is 0 Å². The standard InChI is InChI=1S/C16H21N5O4/c1-10(2)9-20-15-11(4-3-7-22)8-17-21(15)16(24)13(25-19-20)14(23)18-12-5-6-12/h3-4,7-8,10,12,19,24H,5-6,9H2,1-2H3,(H,18,23)/b4-3+. The highest BCUT2D eigenvalue weighted by atomic mass is 16.5. The number of nitrogens with one attached hydrogen (secondary N) is 2. The van der Waals surface area contributed by atoms with E-state index in [0.29, 0.717) is 24.0 Å². The fourth-order valence-electron chi connectivity index (χ4n) is 2.44. The van der Waals surface area contributed by atoms with Crippen molar-refractivity contribution in [3.05, 3.63) is 23.6 Å². The summed E-state index contributed by atoms with van der Waals surface area (Å²) in [6.07, 6.45) is 6.90. The van der Waals surface area contributed by atoms with Gasteiger partial charge in [0, 0.05) is 18.2 Å². The third kappa shape index (κ3) is 3.59. The molecule has 0 aliphatic heterocycles. The fraction of sp³-hybridized carbons (Fsp3) is 0.438. The monoisotopic (exact) mass is 347 g/mol. The summed E-state index contributed by atoms with van der Waals surface area (Å²) in [7, 11) is 0. The summed E-state index contributed by atoms with van der Waals surface area (Å²) in [5, 5.41) is 20.1. The molecule has 3 rings (SSSR count). The molecular formula is C16H21N5O4. The highest BCUT2D eigenvalue weighted by Crippen LogP contribution is 2.23. The van der Waals surface area contributed by atoms with E-state index < -0.39 is 11.8 Å². The molecule has 3 N–H and O–H groups in total. The van der Waals surface area contributed by atoms with Crippen molar-refractivity contribution in [2.45, 2.75) is 39.3 Å². The Morgan fingerprint density at radius 1 is 1.56 bits per heavy atom. The Morgan fingerprint density at radius 3 is 2.96 bits per heavy atom. The van der Waals surface area contributed by atoms with Gasteiger partial charge in [-0.15, -0.1) is 0 Å². The van der Waals surface area contributed by atoms with Gasteiger partial charge in [-0.25, -0.2) is 4.68 Å². The third-order valence-electron chi connectivity index (χ3n) is 3.71. The maximum absolute atomic E-state index is 12.3. The number of aromatic hydroxyl groups is 1. The van der Waals surface area contributed by atoms with Crippen molar-refractivity contribution in [3.63, 3.8) is 0 Å². The molecule has 1 saturated carbocycles. The van der Waals surface area contributed by atoms with E-state index >= 15 is 0 Å². The summed E-state index contributed by atoms with van der Waals surface area (Å²) in [5.74, 6) is -0.928. The molecule has 9 nitrogen and oxygen atoms in total. The molecule has 1 aliphatic carbocycles. The molecule has 0 unspecified atom stereocenters. The van der Waals surface area contributed by atoms with Crippen LogP contribution in [-0.2, 0) is 11.3 Å². The summed E-state index contributed by atoms with van der Waals surface area (Å²) in [6, 6.07) is 0.120. The Morgan fingerprint density at radius 2 is 2.32 bits per heavy atom. The number of amides is 1. The van der Waals surface area contributed by atoms with Gasteiger partial charge in [-0.3, -0.25) is 9.59 Å². The molecule has 2 heterocycles. The molecule has 0 radical (unpaired) electrons. The largest absolute Gasteiger partial charge is 0.490 e. The van der Waals surface area contributed by atoms with Crippen molar-refractivity contribution in [2.75, 3.05) is 0 Å². The smallest absolute Gasteiger partial charge is 0.295 e. The second-order valence-electron chi connectivity index (χ2n) is 6.43. The summed E-state index contributed by atoms with van der Waals surface area (Å²) in [6.45, 7) is 4.56. The Labute approximate surface area is 143 Å².